The Hall–Kier alpha value is -4.09. The molecule has 50 heavy (non-hydrogen) atoms. The highest BCUT2D eigenvalue weighted by Crippen LogP contribution is 2.29. The molecule has 0 bridgehead atoms. The average molecular weight is 704 g/mol. The first-order valence-electron chi connectivity index (χ1n) is 17.8. The van der Waals surface area contributed by atoms with Gasteiger partial charge in [0.05, 0.1) is 29.3 Å². The summed E-state index contributed by atoms with van der Waals surface area (Å²) in [5.74, 6) is -2.00. The number of amides is 4. The summed E-state index contributed by atoms with van der Waals surface area (Å²) in [5, 5.41) is 21.9. The molecule has 0 saturated heterocycles. The first-order chi connectivity index (χ1) is 24.1. The number of carbonyl (C=O) groups is 4. The van der Waals surface area contributed by atoms with E-state index in [1.807, 2.05) is 66.0 Å². The molecule has 1 saturated carbocycles. The SMILES string of the molecule is CNC(=O)[C@H](C)C[C@H](O)[C@H](CC1CCCCC1)NC(=O)[C@H](Cc1cscn1)NC(=O)[C@@H](CC(=O)N(C)Cc1ccccc1)Cc1ccccc1. The van der Waals surface area contributed by atoms with Crippen molar-refractivity contribution in [3.8, 4) is 0 Å². The predicted molar refractivity (Wildman–Crippen MR) is 196 cm³/mol. The highest BCUT2D eigenvalue weighted by molar-refractivity contribution is 7.07. The zero-order valence-corrected chi connectivity index (χ0v) is 30.4. The number of nitrogens with one attached hydrogen (secondary N) is 3. The van der Waals surface area contributed by atoms with Gasteiger partial charge in [0.2, 0.25) is 23.6 Å². The van der Waals surface area contributed by atoms with Crippen LogP contribution in [0.1, 0.15) is 75.1 Å². The van der Waals surface area contributed by atoms with Gasteiger partial charge in [-0.2, -0.15) is 0 Å². The van der Waals surface area contributed by atoms with E-state index in [1.54, 1.807) is 31.4 Å². The summed E-state index contributed by atoms with van der Waals surface area (Å²) in [6.45, 7) is 2.18. The van der Waals surface area contributed by atoms with Gasteiger partial charge < -0.3 is 26.0 Å². The predicted octanol–water partition coefficient (Wildman–Crippen LogP) is 4.67. The number of benzene rings is 2. The molecule has 10 nitrogen and oxygen atoms in total. The number of nitrogens with zero attached hydrogens (tertiary/aromatic N) is 2. The monoisotopic (exact) mass is 703 g/mol. The zero-order valence-electron chi connectivity index (χ0n) is 29.6. The van der Waals surface area contributed by atoms with Crippen LogP contribution in [0.5, 0.6) is 0 Å². The number of carbonyl (C=O) groups excluding carboxylic acids is 4. The fraction of sp³-hybridized carbons (Fsp3) is 0.513. The van der Waals surface area contributed by atoms with Gasteiger partial charge in [0, 0.05) is 44.8 Å². The van der Waals surface area contributed by atoms with Crippen LogP contribution in [0.3, 0.4) is 0 Å². The molecule has 4 amide bonds. The van der Waals surface area contributed by atoms with Crippen LogP contribution in [0.2, 0.25) is 0 Å². The van der Waals surface area contributed by atoms with E-state index >= 15 is 0 Å². The van der Waals surface area contributed by atoms with Crippen molar-refractivity contribution < 1.29 is 24.3 Å². The minimum atomic E-state index is -0.988. The van der Waals surface area contributed by atoms with Crippen LogP contribution < -0.4 is 16.0 Å². The molecule has 3 aromatic rings. The maximum absolute atomic E-state index is 14.1. The lowest BCUT2D eigenvalue weighted by Crippen LogP contribution is -2.55. The van der Waals surface area contributed by atoms with Crippen molar-refractivity contribution in [2.24, 2.45) is 17.8 Å². The number of aromatic nitrogens is 1. The van der Waals surface area contributed by atoms with Crippen LogP contribution in [0, 0.1) is 17.8 Å². The summed E-state index contributed by atoms with van der Waals surface area (Å²) in [7, 11) is 3.30. The van der Waals surface area contributed by atoms with Crippen molar-refractivity contribution in [3.05, 3.63) is 88.4 Å². The van der Waals surface area contributed by atoms with E-state index in [0.29, 0.717) is 31.0 Å². The van der Waals surface area contributed by atoms with Gasteiger partial charge >= 0.3 is 0 Å². The normalized spacial score (nSPS) is 16.3. The number of hydrogen-bond donors (Lipinski definition) is 4. The number of hydrogen-bond acceptors (Lipinski definition) is 7. The molecule has 0 unspecified atom stereocenters. The highest BCUT2D eigenvalue weighted by Gasteiger charge is 2.33. The molecule has 1 aliphatic carbocycles. The molecule has 1 aliphatic rings. The molecular weight excluding hydrogens is 651 g/mol. The molecule has 4 N–H and O–H groups in total. The van der Waals surface area contributed by atoms with Crippen LogP contribution in [0.15, 0.2) is 71.6 Å². The number of thiazole rings is 1. The maximum atomic E-state index is 14.1. The molecule has 1 heterocycles. The van der Waals surface area contributed by atoms with Crippen LogP contribution in [-0.4, -0.2) is 70.9 Å². The Bertz CT molecular complexity index is 1480. The van der Waals surface area contributed by atoms with Gasteiger partial charge in [-0.1, -0.05) is 99.7 Å². The molecule has 270 valence electrons. The van der Waals surface area contributed by atoms with Gasteiger partial charge in [-0.15, -0.1) is 11.3 Å². The van der Waals surface area contributed by atoms with Gasteiger partial charge in [0.1, 0.15) is 6.04 Å². The molecule has 1 aromatic heterocycles. The first-order valence-corrected chi connectivity index (χ1v) is 18.8. The van der Waals surface area contributed by atoms with Gasteiger partial charge in [0.15, 0.2) is 0 Å². The lowest BCUT2D eigenvalue weighted by molar-refractivity contribution is -0.137. The average Bonchev–Trinajstić information content (AvgIpc) is 3.64. The Labute approximate surface area is 300 Å². The van der Waals surface area contributed by atoms with E-state index in [9.17, 15) is 24.3 Å². The molecule has 5 atom stereocenters. The second-order valence-corrected chi connectivity index (χ2v) is 14.5. The van der Waals surface area contributed by atoms with Gasteiger partial charge in [-0.25, -0.2) is 4.98 Å². The second-order valence-electron chi connectivity index (χ2n) is 13.7. The van der Waals surface area contributed by atoms with Crippen molar-refractivity contribution in [2.75, 3.05) is 14.1 Å². The fourth-order valence-electron chi connectivity index (χ4n) is 6.77. The van der Waals surface area contributed by atoms with E-state index in [4.69, 9.17) is 0 Å². The lowest BCUT2D eigenvalue weighted by atomic mass is 9.82. The van der Waals surface area contributed by atoms with Crippen LogP contribution in [-0.2, 0) is 38.6 Å². The number of rotatable bonds is 18. The first kappa shape index (κ1) is 38.7. The summed E-state index contributed by atoms with van der Waals surface area (Å²) in [6, 6.07) is 17.6. The molecule has 11 heteroatoms. The second kappa shape index (κ2) is 19.9. The van der Waals surface area contributed by atoms with Crippen molar-refractivity contribution in [2.45, 2.75) is 95.9 Å². The van der Waals surface area contributed by atoms with E-state index < -0.39 is 41.8 Å². The largest absolute Gasteiger partial charge is 0.391 e. The molecule has 0 spiro atoms. The van der Waals surface area contributed by atoms with Crippen LogP contribution in [0.25, 0.3) is 0 Å². The standard InChI is InChI=1S/C39H53N5O5S/c1-27(37(47)40-2)19-35(45)33(21-29-15-9-5-10-16-29)42-39(49)34(23-32-25-50-26-41-32)43-38(48)31(20-28-13-7-4-8-14-28)22-36(46)44(3)24-30-17-11-6-12-18-30/h4,6-8,11-14,17-18,25-27,29,31,33-35,45H,5,9-10,15-16,19-24H2,1-3H3,(H,40,47)(H,42,49)(H,43,48)/t27-,31-,33+,34+,35+/m1/s1. The van der Waals surface area contributed by atoms with Crippen LogP contribution in [0.4, 0.5) is 0 Å². The van der Waals surface area contributed by atoms with Crippen molar-refractivity contribution in [3.63, 3.8) is 0 Å². The minimum Gasteiger partial charge on any atom is -0.391 e. The maximum Gasteiger partial charge on any atom is 0.243 e. The molecule has 0 aliphatic heterocycles. The topological polar surface area (TPSA) is 141 Å². The fourth-order valence-corrected chi connectivity index (χ4v) is 7.34. The molecule has 2 aromatic carbocycles. The lowest BCUT2D eigenvalue weighted by Gasteiger charge is -2.32. The van der Waals surface area contributed by atoms with E-state index in [0.717, 1.165) is 36.8 Å². The Morgan fingerprint density at radius 2 is 1.56 bits per heavy atom. The smallest absolute Gasteiger partial charge is 0.243 e. The Morgan fingerprint density at radius 1 is 0.900 bits per heavy atom. The van der Waals surface area contributed by atoms with E-state index in [2.05, 4.69) is 20.9 Å². The van der Waals surface area contributed by atoms with Crippen molar-refractivity contribution in [1.29, 1.82) is 0 Å². The Balaban J connectivity index is 1.53. The minimum absolute atomic E-state index is 0.0322. The van der Waals surface area contributed by atoms with E-state index in [-0.39, 0.29) is 31.1 Å². The third kappa shape index (κ3) is 12.4. The Kier molecular flexibility index (Phi) is 15.4. The van der Waals surface area contributed by atoms with Crippen molar-refractivity contribution in [1.82, 2.24) is 25.8 Å². The summed E-state index contributed by atoms with van der Waals surface area (Å²) >= 11 is 1.40. The zero-order chi connectivity index (χ0) is 35.9. The van der Waals surface area contributed by atoms with Gasteiger partial charge in [-0.05, 0) is 36.3 Å². The molecule has 0 radical (unpaired) electrons. The quantitative estimate of drug-likeness (QED) is 0.152. The third-order valence-electron chi connectivity index (χ3n) is 9.73. The van der Waals surface area contributed by atoms with E-state index in [1.165, 1.54) is 17.8 Å². The van der Waals surface area contributed by atoms with Gasteiger partial charge in [0.25, 0.3) is 0 Å². The summed E-state index contributed by atoms with van der Waals surface area (Å²) < 4.78 is 0. The number of aliphatic hydroxyl groups excluding tert-OH is 1. The van der Waals surface area contributed by atoms with Crippen LogP contribution >= 0.6 is 11.3 Å². The molecule has 1 fully saturated rings. The summed E-state index contributed by atoms with van der Waals surface area (Å²) in [4.78, 5) is 60.1. The third-order valence-corrected chi connectivity index (χ3v) is 10.4. The summed E-state index contributed by atoms with van der Waals surface area (Å²) in [6.07, 6.45) is 5.73. The Morgan fingerprint density at radius 3 is 2.18 bits per heavy atom. The highest BCUT2D eigenvalue weighted by atomic mass is 32.1. The molecular formula is C39H53N5O5S. The molecule has 4 rings (SSSR count). The number of aliphatic hydroxyl groups is 1. The van der Waals surface area contributed by atoms with Crippen molar-refractivity contribution >= 4 is 35.0 Å². The summed E-state index contributed by atoms with van der Waals surface area (Å²) in [5.41, 5.74) is 4.24. The van der Waals surface area contributed by atoms with Gasteiger partial charge in [-0.3, -0.25) is 19.2 Å².